The number of halogens is 1. The molecule has 0 saturated carbocycles. The minimum atomic E-state index is -0.540. The number of nitrogens with one attached hydrogen (secondary N) is 2. The van der Waals surface area contributed by atoms with Crippen molar-refractivity contribution < 1.29 is 24.0 Å². The molecule has 0 unspecified atom stereocenters. The van der Waals surface area contributed by atoms with Crippen LogP contribution in [0.15, 0.2) is 53.7 Å². The van der Waals surface area contributed by atoms with E-state index in [2.05, 4.69) is 20.8 Å². The van der Waals surface area contributed by atoms with E-state index >= 15 is 0 Å². The maximum atomic E-state index is 13.1. The topological polar surface area (TPSA) is 158 Å². The van der Waals surface area contributed by atoms with E-state index in [-0.39, 0.29) is 36.1 Å². The number of thiophene rings is 1. The van der Waals surface area contributed by atoms with E-state index in [1.807, 2.05) is 0 Å². The third kappa shape index (κ3) is 7.09. The zero-order valence-electron chi connectivity index (χ0n) is 23.5. The largest absolute Gasteiger partial charge is 0.462 e. The van der Waals surface area contributed by atoms with Crippen molar-refractivity contribution in [1.82, 2.24) is 20.1 Å². The second kappa shape index (κ2) is 14.0. The average molecular weight is 655 g/mol. The predicted octanol–water partition coefficient (Wildman–Crippen LogP) is 5.61. The van der Waals surface area contributed by atoms with Crippen molar-refractivity contribution in [3.8, 4) is 5.69 Å². The van der Waals surface area contributed by atoms with Crippen molar-refractivity contribution in [3.05, 3.63) is 91.1 Å². The summed E-state index contributed by atoms with van der Waals surface area (Å²) < 4.78 is 6.97. The SMILES string of the molecule is CCOC(=O)c1c(NC(=O)CSc2nnc(CNC(=O)c3ccc([N+](=O)[O-])cc3)n2-c2cccc(Cl)c2)sc2c1CCCC2. The number of nitro groups is 1. The van der Waals surface area contributed by atoms with E-state index < -0.39 is 16.8 Å². The Labute approximate surface area is 265 Å². The summed E-state index contributed by atoms with van der Waals surface area (Å²) in [6.07, 6.45) is 3.66. The Hall–Kier alpha value is -4.27. The fourth-order valence-corrected chi connectivity index (χ4v) is 6.99. The molecule has 2 heterocycles. The summed E-state index contributed by atoms with van der Waals surface area (Å²) >= 11 is 8.81. The van der Waals surface area contributed by atoms with Crippen LogP contribution in [-0.4, -0.2) is 49.8 Å². The van der Waals surface area contributed by atoms with Gasteiger partial charge in [-0.2, -0.15) is 0 Å². The molecule has 5 rings (SSSR count). The maximum absolute atomic E-state index is 13.1. The molecule has 12 nitrogen and oxygen atoms in total. The Morgan fingerprint density at radius 1 is 1.14 bits per heavy atom. The standard InChI is InChI=1S/C29H27ClN6O6S2/c1-2-42-28(39)25-21-8-3-4-9-22(21)44-27(25)32-24(37)16-43-29-34-33-23(35(29)20-7-5-6-18(30)14-20)15-31-26(38)17-10-12-19(13-11-17)36(40)41/h5-7,10-14H,2-4,8-9,15-16H2,1H3,(H,31,38)(H,32,37). The van der Waals surface area contributed by atoms with Crippen LogP contribution in [0.25, 0.3) is 5.69 Å². The highest BCUT2D eigenvalue weighted by Gasteiger charge is 2.27. The van der Waals surface area contributed by atoms with Crippen LogP contribution in [0.1, 0.15) is 56.7 Å². The highest BCUT2D eigenvalue weighted by atomic mass is 35.5. The lowest BCUT2D eigenvalue weighted by molar-refractivity contribution is -0.384. The van der Waals surface area contributed by atoms with Gasteiger partial charge in [-0.1, -0.05) is 29.4 Å². The van der Waals surface area contributed by atoms with Crippen molar-refractivity contribution in [2.75, 3.05) is 17.7 Å². The van der Waals surface area contributed by atoms with E-state index in [4.69, 9.17) is 16.3 Å². The lowest BCUT2D eigenvalue weighted by Crippen LogP contribution is -2.24. The molecule has 2 aromatic carbocycles. The van der Waals surface area contributed by atoms with Crippen molar-refractivity contribution >= 4 is 63.2 Å². The molecule has 2 aromatic heterocycles. The van der Waals surface area contributed by atoms with Crippen LogP contribution in [0.4, 0.5) is 10.7 Å². The molecule has 44 heavy (non-hydrogen) atoms. The molecule has 0 bridgehead atoms. The molecule has 4 aromatic rings. The van der Waals surface area contributed by atoms with Gasteiger partial charge < -0.3 is 15.4 Å². The van der Waals surface area contributed by atoms with Gasteiger partial charge in [0.05, 0.1) is 35.1 Å². The number of thioether (sulfide) groups is 1. The van der Waals surface area contributed by atoms with Crippen molar-refractivity contribution in [1.29, 1.82) is 0 Å². The lowest BCUT2D eigenvalue weighted by atomic mass is 9.95. The summed E-state index contributed by atoms with van der Waals surface area (Å²) in [6, 6.07) is 12.2. The highest BCUT2D eigenvalue weighted by molar-refractivity contribution is 7.99. The van der Waals surface area contributed by atoms with E-state index in [0.717, 1.165) is 47.9 Å². The number of anilines is 1. The summed E-state index contributed by atoms with van der Waals surface area (Å²) in [5.74, 6) is -0.867. The van der Waals surface area contributed by atoms with E-state index in [1.165, 1.54) is 35.6 Å². The van der Waals surface area contributed by atoms with Gasteiger partial charge in [-0.05, 0) is 68.5 Å². The van der Waals surface area contributed by atoms with Gasteiger partial charge in [-0.15, -0.1) is 21.5 Å². The van der Waals surface area contributed by atoms with Gasteiger partial charge in [0.2, 0.25) is 5.91 Å². The zero-order valence-corrected chi connectivity index (χ0v) is 25.9. The third-order valence-corrected chi connectivity index (χ3v) is 9.12. The molecule has 2 amide bonds. The molecule has 0 aliphatic heterocycles. The number of carbonyl (C=O) groups excluding carboxylic acids is 3. The number of hydrogen-bond acceptors (Lipinski definition) is 10. The number of non-ortho nitro benzene ring substituents is 1. The first-order chi connectivity index (χ1) is 21.2. The van der Waals surface area contributed by atoms with Crippen LogP contribution in [0, 0.1) is 10.1 Å². The smallest absolute Gasteiger partial charge is 0.341 e. The Kier molecular flexibility index (Phi) is 9.92. The Morgan fingerprint density at radius 2 is 1.91 bits per heavy atom. The monoisotopic (exact) mass is 654 g/mol. The van der Waals surface area contributed by atoms with Gasteiger partial charge in [-0.3, -0.25) is 24.3 Å². The third-order valence-electron chi connectivity index (χ3n) is 6.75. The van der Waals surface area contributed by atoms with Crippen LogP contribution in [0.3, 0.4) is 0 Å². The minimum Gasteiger partial charge on any atom is -0.462 e. The Morgan fingerprint density at radius 3 is 2.64 bits per heavy atom. The minimum absolute atomic E-state index is 0.0221. The molecule has 0 fully saturated rings. The summed E-state index contributed by atoms with van der Waals surface area (Å²) in [7, 11) is 0. The number of aryl methyl sites for hydroxylation is 1. The fraction of sp³-hybridized carbons (Fsp3) is 0.276. The van der Waals surface area contributed by atoms with E-state index in [1.54, 1.807) is 35.8 Å². The van der Waals surface area contributed by atoms with Crippen molar-refractivity contribution in [2.45, 2.75) is 44.3 Å². The first-order valence-corrected chi connectivity index (χ1v) is 15.9. The molecular formula is C29H27ClN6O6S2. The first kappa shape index (κ1) is 31.2. The fourth-order valence-electron chi connectivity index (χ4n) is 4.74. The lowest BCUT2D eigenvalue weighted by Gasteiger charge is -2.12. The van der Waals surface area contributed by atoms with Gasteiger partial charge in [0.15, 0.2) is 11.0 Å². The highest BCUT2D eigenvalue weighted by Crippen LogP contribution is 2.39. The Bertz CT molecular complexity index is 1720. The van der Waals surface area contributed by atoms with Gasteiger partial charge in [0.25, 0.3) is 11.6 Å². The molecule has 1 aliphatic carbocycles. The number of rotatable bonds is 11. The summed E-state index contributed by atoms with van der Waals surface area (Å²) in [4.78, 5) is 50.1. The normalized spacial score (nSPS) is 12.3. The van der Waals surface area contributed by atoms with Gasteiger partial charge >= 0.3 is 5.97 Å². The van der Waals surface area contributed by atoms with Gasteiger partial charge in [0, 0.05) is 27.6 Å². The molecule has 2 N–H and O–H groups in total. The number of nitrogens with zero attached hydrogens (tertiary/aromatic N) is 4. The number of benzene rings is 2. The number of fused-ring (bicyclic) bond motifs is 1. The number of esters is 1. The quantitative estimate of drug-likeness (QED) is 0.0908. The van der Waals surface area contributed by atoms with Crippen molar-refractivity contribution in [3.63, 3.8) is 0 Å². The maximum Gasteiger partial charge on any atom is 0.341 e. The molecule has 0 atom stereocenters. The second-order valence-electron chi connectivity index (χ2n) is 9.67. The number of hydrogen-bond donors (Lipinski definition) is 2. The van der Waals surface area contributed by atoms with Crippen LogP contribution >= 0.6 is 34.7 Å². The van der Waals surface area contributed by atoms with Crippen LogP contribution in [0.5, 0.6) is 0 Å². The molecule has 0 spiro atoms. The second-order valence-corrected chi connectivity index (χ2v) is 12.2. The number of amides is 2. The summed E-state index contributed by atoms with van der Waals surface area (Å²) in [6.45, 7) is 1.96. The summed E-state index contributed by atoms with van der Waals surface area (Å²) in [5.41, 5.74) is 2.15. The Balaban J connectivity index is 1.32. The van der Waals surface area contributed by atoms with E-state index in [0.29, 0.717) is 32.3 Å². The number of aromatic nitrogens is 3. The van der Waals surface area contributed by atoms with Crippen molar-refractivity contribution in [2.24, 2.45) is 0 Å². The molecule has 15 heteroatoms. The number of nitro benzene ring substituents is 1. The first-order valence-electron chi connectivity index (χ1n) is 13.7. The summed E-state index contributed by atoms with van der Waals surface area (Å²) in [5, 5.41) is 26.4. The number of carbonyl (C=O) groups is 3. The van der Waals surface area contributed by atoms with Crippen LogP contribution < -0.4 is 10.6 Å². The van der Waals surface area contributed by atoms with E-state index in [9.17, 15) is 24.5 Å². The van der Waals surface area contributed by atoms with Gasteiger partial charge in [0.1, 0.15) is 5.00 Å². The molecule has 228 valence electrons. The van der Waals surface area contributed by atoms with Crippen LogP contribution in [-0.2, 0) is 28.9 Å². The molecule has 0 saturated heterocycles. The van der Waals surface area contributed by atoms with Gasteiger partial charge in [-0.25, -0.2) is 4.79 Å². The average Bonchev–Trinajstić information content (AvgIpc) is 3.59. The molecule has 1 aliphatic rings. The molecule has 0 radical (unpaired) electrons. The zero-order chi connectivity index (χ0) is 31.2. The number of ether oxygens (including phenoxy) is 1. The molecular weight excluding hydrogens is 628 g/mol. The van der Waals surface area contributed by atoms with Crippen LogP contribution in [0.2, 0.25) is 5.02 Å². The predicted molar refractivity (Wildman–Crippen MR) is 167 cm³/mol.